The predicted molar refractivity (Wildman–Crippen MR) is 80.4 cm³/mol. The molecule has 0 atom stereocenters. The second kappa shape index (κ2) is 6.89. The molecule has 0 heterocycles. The van der Waals surface area contributed by atoms with E-state index in [-0.39, 0.29) is 4.90 Å². The molecule has 0 N–H and O–H groups in total. The van der Waals surface area contributed by atoms with Crippen LogP contribution in [0.15, 0.2) is 33.7 Å². The first kappa shape index (κ1) is 16.7. The maximum Gasteiger partial charge on any atom is 0.264 e. The fraction of sp³-hybridized carbons (Fsp3) is 0.500. The van der Waals surface area contributed by atoms with E-state index in [4.69, 9.17) is 9.96 Å². The number of rotatable bonds is 7. The third-order valence-corrected chi connectivity index (χ3v) is 6.98. The zero-order chi connectivity index (χ0) is 15.2. The molecule has 0 aliphatic carbocycles. The lowest BCUT2D eigenvalue weighted by atomic mass is 10.1. The van der Waals surface area contributed by atoms with Gasteiger partial charge in [-0.25, -0.2) is 8.42 Å². The van der Waals surface area contributed by atoms with Gasteiger partial charge in [0, 0.05) is 16.5 Å². The van der Waals surface area contributed by atoms with E-state index >= 15 is 0 Å². The van der Waals surface area contributed by atoms with Crippen LogP contribution in [-0.4, -0.2) is 23.8 Å². The van der Waals surface area contributed by atoms with Gasteiger partial charge in [0.15, 0.2) is 8.32 Å². The van der Waals surface area contributed by atoms with Crippen LogP contribution in [0.5, 0.6) is 0 Å². The average Bonchev–Trinajstić information content (AvgIpc) is 2.39. The Morgan fingerprint density at radius 3 is 2.40 bits per heavy atom. The molecule has 1 aromatic carbocycles. The molecule has 8 heteroatoms. The third kappa shape index (κ3) is 4.97. The molecule has 6 nitrogen and oxygen atoms in total. The zero-order valence-corrected chi connectivity index (χ0v) is 13.7. The molecule has 0 fully saturated rings. The maximum absolute atomic E-state index is 11.5. The van der Waals surface area contributed by atoms with Gasteiger partial charge in [-0.2, -0.15) is 0 Å². The van der Waals surface area contributed by atoms with Crippen molar-refractivity contribution in [3.63, 3.8) is 0 Å². The number of hydrogen-bond acceptors (Lipinski definition) is 3. The summed E-state index contributed by atoms with van der Waals surface area (Å²) < 4.78 is 31.3. The van der Waals surface area contributed by atoms with Gasteiger partial charge in [-0.3, -0.25) is 0 Å². The number of sulfonamides is 1. The summed E-state index contributed by atoms with van der Waals surface area (Å²) in [4.78, 5) is 2.34. The molecule has 0 radical (unpaired) electrons. The molecular weight excluding hydrogens is 294 g/mol. The summed E-state index contributed by atoms with van der Waals surface area (Å²) in [6, 6.07) is 7.50. The van der Waals surface area contributed by atoms with Gasteiger partial charge in [0.1, 0.15) is 0 Å². The van der Waals surface area contributed by atoms with Crippen molar-refractivity contribution in [1.29, 1.82) is 0 Å². The Balaban J connectivity index is 2.67. The maximum atomic E-state index is 11.5. The van der Waals surface area contributed by atoms with Crippen LogP contribution in [0.1, 0.15) is 12.0 Å². The summed E-state index contributed by atoms with van der Waals surface area (Å²) in [7, 11) is -3.66. The van der Waals surface area contributed by atoms with Crippen molar-refractivity contribution in [1.82, 2.24) is 0 Å². The largest absolute Gasteiger partial charge is 0.420 e. The number of azide groups is 1. The number of benzene rings is 1. The third-order valence-electron chi connectivity index (χ3n) is 3.16. The van der Waals surface area contributed by atoms with E-state index < -0.39 is 18.3 Å². The highest BCUT2D eigenvalue weighted by Gasteiger charge is 2.19. The topological polar surface area (TPSA) is 92.1 Å². The minimum atomic E-state index is -3.88. The normalized spacial score (nSPS) is 11.9. The van der Waals surface area contributed by atoms with E-state index in [1.807, 2.05) is 0 Å². The minimum Gasteiger partial charge on any atom is -0.420 e. The summed E-state index contributed by atoms with van der Waals surface area (Å²) in [6.07, 6.45) is 1.89. The highest BCUT2D eigenvalue weighted by molar-refractivity contribution is 7.90. The van der Waals surface area contributed by atoms with Crippen LogP contribution in [0, 0.1) is 0 Å². The monoisotopic (exact) mass is 313 g/mol. The van der Waals surface area contributed by atoms with Crippen molar-refractivity contribution in [2.75, 3.05) is 7.11 Å². The molecule has 0 aliphatic heterocycles. The van der Waals surface area contributed by atoms with Crippen LogP contribution in [0.4, 0.5) is 0 Å². The van der Waals surface area contributed by atoms with Gasteiger partial charge in [0.2, 0.25) is 0 Å². The van der Waals surface area contributed by atoms with E-state index in [1.54, 1.807) is 19.2 Å². The Kier molecular flexibility index (Phi) is 5.76. The Hall–Kier alpha value is -1.34. The molecule has 20 heavy (non-hydrogen) atoms. The predicted octanol–water partition coefficient (Wildman–Crippen LogP) is 3.47. The van der Waals surface area contributed by atoms with Gasteiger partial charge in [0.05, 0.1) is 4.90 Å². The smallest absolute Gasteiger partial charge is 0.264 e. The van der Waals surface area contributed by atoms with Gasteiger partial charge in [0.25, 0.3) is 10.0 Å². The average molecular weight is 313 g/mol. The van der Waals surface area contributed by atoms with E-state index in [9.17, 15) is 8.42 Å². The van der Waals surface area contributed by atoms with Crippen LogP contribution in [-0.2, 0) is 20.9 Å². The van der Waals surface area contributed by atoms with Crippen molar-refractivity contribution < 1.29 is 12.8 Å². The zero-order valence-electron chi connectivity index (χ0n) is 11.9. The first-order valence-corrected chi connectivity index (χ1v) is 10.8. The Morgan fingerprint density at radius 2 is 1.90 bits per heavy atom. The summed E-state index contributed by atoms with van der Waals surface area (Å²) in [5, 5.41) is 0. The lowest BCUT2D eigenvalue weighted by Gasteiger charge is -2.19. The van der Waals surface area contributed by atoms with Gasteiger partial charge in [-0.15, -0.1) is 0 Å². The molecule has 0 saturated heterocycles. The van der Waals surface area contributed by atoms with Crippen LogP contribution in [0.2, 0.25) is 19.1 Å². The molecule has 1 rings (SSSR count). The molecule has 0 spiro atoms. The summed E-state index contributed by atoms with van der Waals surface area (Å²) in [6.45, 7) is 4.34. The molecule has 1 aromatic rings. The molecule has 0 aliphatic rings. The fourth-order valence-corrected chi connectivity index (χ4v) is 3.65. The Bertz CT molecular complexity index is 593. The van der Waals surface area contributed by atoms with E-state index in [0.717, 1.165) is 24.4 Å². The summed E-state index contributed by atoms with van der Waals surface area (Å²) >= 11 is 0. The molecular formula is C12H19N3O3SSi. The van der Waals surface area contributed by atoms with E-state index in [1.165, 1.54) is 12.1 Å². The van der Waals surface area contributed by atoms with Crippen molar-refractivity contribution in [3.05, 3.63) is 40.3 Å². The number of nitrogens with zero attached hydrogens (tertiary/aromatic N) is 3. The van der Waals surface area contributed by atoms with Gasteiger partial charge in [-0.1, -0.05) is 12.1 Å². The second-order valence-electron chi connectivity index (χ2n) is 5.11. The molecule has 0 bridgehead atoms. The molecule has 0 amide bonds. The molecule has 0 saturated carbocycles. The highest BCUT2D eigenvalue weighted by Crippen LogP contribution is 2.17. The summed E-state index contributed by atoms with van der Waals surface area (Å²) in [5.41, 5.74) is 9.27. The van der Waals surface area contributed by atoms with Crippen molar-refractivity contribution in [2.24, 2.45) is 4.52 Å². The van der Waals surface area contributed by atoms with Crippen LogP contribution >= 0.6 is 0 Å². The van der Waals surface area contributed by atoms with Crippen molar-refractivity contribution in [2.45, 2.75) is 36.9 Å². The van der Waals surface area contributed by atoms with Gasteiger partial charge >= 0.3 is 0 Å². The lowest BCUT2D eigenvalue weighted by Crippen LogP contribution is -2.28. The molecule has 0 aromatic heterocycles. The molecule has 110 valence electrons. The minimum absolute atomic E-state index is 0.0191. The standard InChI is InChI=1S/C12H19N3O3SSi/c1-18-20(2,3)10-4-5-11-6-8-12(9-7-11)19(16,17)15-14-13/h6-9H,4-5,10H2,1-3H3. The quantitative estimate of drug-likeness (QED) is 0.334. The first-order chi connectivity index (χ1) is 9.30. The lowest BCUT2D eigenvalue weighted by molar-refractivity contribution is 0.402. The Labute approximate surface area is 120 Å². The van der Waals surface area contributed by atoms with Crippen LogP contribution in [0.3, 0.4) is 0 Å². The highest BCUT2D eigenvalue weighted by atomic mass is 32.2. The second-order valence-corrected chi connectivity index (χ2v) is 11.1. The van der Waals surface area contributed by atoms with Crippen LogP contribution in [0.25, 0.3) is 10.4 Å². The number of hydrogen-bond donors (Lipinski definition) is 0. The SMILES string of the molecule is CO[Si](C)(C)CCCc1ccc(S(=O)(=O)N=[N+]=[N-])cc1. The molecule has 0 unspecified atom stereocenters. The van der Waals surface area contributed by atoms with Crippen molar-refractivity contribution >= 4 is 18.3 Å². The van der Waals surface area contributed by atoms with Crippen molar-refractivity contribution in [3.8, 4) is 0 Å². The summed E-state index contributed by atoms with van der Waals surface area (Å²) in [5.74, 6) is 0. The Morgan fingerprint density at radius 1 is 1.30 bits per heavy atom. The van der Waals surface area contributed by atoms with E-state index in [0.29, 0.717) is 0 Å². The van der Waals surface area contributed by atoms with E-state index in [2.05, 4.69) is 22.5 Å². The first-order valence-electron chi connectivity index (χ1n) is 6.26. The van der Waals surface area contributed by atoms with Gasteiger partial charge in [-0.05, 0) is 55.2 Å². The fourth-order valence-electron chi connectivity index (χ4n) is 1.74. The van der Waals surface area contributed by atoms with Crippen LogP contribution < -0.4 is 0 Å². The van der Waals surface area contributed by atoms with Gasteiger partial charge < -0.3 is 4.43 Å². The number of aryl methyl sites for hydroxylation is 1.